The Labute approximate surface area is 206 Å². The molecule has 0 spiro atoms. The van der Waals surface area contributed by atoms with E-state index in [1.54, 1.807) is 23.1 Å². The van der Waals surface area contributed by atoms with E-state index in [2.05, 4.69) is 0 Å². The summed E-state index contributed by atoms with van der Waals surface area (Å²) in [6.45, 7) is 0.190. The normalized spacial score (nSPS) is 20.1. The van der Waals surface area contributed by atoms with Gasteiger partial charge in [0, 0.05) is 32.2 Å². The molecule has 0 aromatic heterocycles. The van der Waals surface area contributed by atoms with Crippen molar-refractivity contribution in [1.82, 2.24) is 9.21 Å². The van der Waals surface area contributed by atoms with Crippen LogP contribution >= 0.6 is 0 Å². The number of amides is 2. The van der Waals surface area contributed by atoms with E-state index in [1.807, 2.05) is 0 Å². The Morgan fingerprint density at radius 2 is 1.64 bits per heavy atom. The van der Waals surface area contributed by atoms with E-state index in [0.717, 1.165) is 27.4 Å². The second-order valence-electron chi connectivity index (χ2n) is 8.29. The van der Waals surface area contributed by atoms with Crippen molar-refractivity contribution in [2.45, 2.75) is 23.5 Å². The summed E-state index contributed by atoms with van der Waals surface area (Å²) in [5.41, 5.74) is -0.770. The molecule has 0 radical (unpaired) electrons. The third-order valence-corrected chi connectivity index (χ3v) is 8.16. The van der Waals surface area contributed by atoms with Crippen molar-refractivity contribution >= 4 is 27.5 Å². The fraction of sp³-hybridized carbons (Fsp3) is 0.391. The topological polar surface area (TPSA) is 96.5 Å². The zero-order chi connectivity index (χ0) is 26.3. The maximum Gasteiger partial charge on any atom is 0.416 e. The van der Waals surface area contributed by atoms with Gasteiger partial charge in [-0.05, 0) is 30.3 Å². The number of ether oxygens (including phenoxy) is 2. The Morgan fingerprint density at radius 1 is 0.944 bits per heavy atom. The minimum Gasteiger partial charge on any atom is -0.497 e. The molecular weight excluding hydrogens is 503 g/mol. The van der Waals surface area contributed by atoms with Crippen LogP contribution in [0, 0.1) is 0 Å². The molecule has 1 atom stereocenters. The lowest BCUT2D eigenvalue weighted by Crippen LogP contribution is -2.53. The molecule has 2 fully saturated rings. The molecule has 1 unspecified atom stereocenters. The Hall–Kier alpha value is -3.16. The van der Waals surface area contributed by atoms with E-state index < -0.39 is 44.5 Å². The van der Waals surface area contributed by atoms with Crippen LogP contribution in [0.15, 0.2) is 47.4 Å². The highest BCUT2D eigenvalue weighted by Gasteiger charge is 2.45. The number of sulfonamides is 1. The summed E-state index contributed by atoms with van der Waals surface area (Å²) in [7, 11) is -1.29. The highest BCUT2D eigenvalue weighted by Crippen LogP contribution is 2.36. The summed E-state index contributed by atoms with van der Waals surface area (Å²) in [6.07, 6.45) is -4.76. The Morgan fingerprint density at radius 3 is 2.25 bits per heavy atom. The van der Waals surface area contributed by atoms with E-state index >= 15 is 0 Å². The molecule has 4 rings (SSSR count). The molecule has 0 bridgehead atoms. The van der Waals surface area contributed by atoms with Crippen molar-refractivity contribution in [2.75, 3.05) is 45.3 Å². The van der Waals surface area contributed by atoms with Gasteiger partial charge in [0.1, 0.15) is 11.5 Å². The lowest BCUT2D eigenvalue weighted by atomic mass is 10.2. The van der Waals surface area contributed by atoms with E-state index in [1.165, 1.54) is 14.2 Å². The fourth-order valence-corrected chi connectivity index (χ4v) is 5.83. The van der Waals surface area contributed by atoms with E-state index in [4.69, 9.17) is 9.47 Å². The first-order valence-electron chi connectivity index (χ1n) is 11.0. The average molecular weight is 528 g/mol. The van der Waals surface area contributed by atoms with Crippen molar-refractivity contribution in [3.63, 3.8) is 0 Å². The van der Waals surface area contributed by atoms with E-state index in [9.17, 15) is 31.2 Å². The van der Waals surface area contributed by atoms with Crippen LogP contribution in [0.2, 0.25) is 0 Å². The molecule has 2 aliphatic rings. The first-order chi connectivity index (χ1) is 17.0. The molecule has 0 aliphatic carbocycles. The second kappa shape index (κ2) is 9.71. The van der Waals surface area contributed by atoms with Gasteiger partial charge >= 0.3 is 6.18 Å². The molecule has 0 N–H and O–H groups in total. The number of anilines is 1. The molecule has 36 heavy (non-hydrogen) atoms. The number of rotatable bonds is 6. The Kier molecular flexibility index (Phi) is 6.99. The van der Waals surface area contributed by atoms with Crippen molar-refractivity contribution in [3.05, 3.63) is 48.0 Å². The highest BCUT2D eigenvalue weighted by molar-refractivity contribution is 7.89. The van der Waals surface area contributed by atoms with Crippen molar-refractivity contribution in [3.8, 4) is 11.5 Å². The van der Waals surface area contributed by atoms with Gasteiger partial charge in [-0.25, -0.2) is 13.3 Å². The first kappa shape index (κ1) is 25.9. The van der Waals surface area contributed by atoms with Gasteiger partial charge in [-0.2, -0.15) is 17.5 Å². The van der Waals surface area contributed by atoms with Crippen molar-refractivity contribution in [2.24, 2.45) is 0 Å². The Balaban J connectivity index is 1.47. The number of hydrogen-bond acceptors (Lipinski definition) is 7. The molecule has 9 nitrogen and oxygen atoms in total. The number of hydrogen-bond donors (Lipinski definition) is 0. The fourth-order valence-electron chi connectivity index (χ4n) is 4.36. The zero-order valence-electron chi connectivity index (χ0n) is 19.5. The number of nitrogens with zero attached hydrogens (tertiary/aromatic N) is 3. The summed E-state index contributed by atoms with van der Waals surface area (Å²) in [5.74, 6) is -0.108. The summed E-state index contributed by atoms with van der Waals surface area (Å²) in [4.78, 5) is 28.3. The van der Waals surface area contributed by atoms with Crippen LogP contribution in [-0.2, 0) is 25.8 Å². The smallest absolute Gasteiger partial charge is 0.416 e. The zero-order valence-corrected chi connectivity index (χ0v) is 20.3. The SMILES string of the molecule is COc1ccc(N2C(=O)CC(N3CCN(S(=O)(=O)c4cccc(C(F)(F)F)c4)CC3)C2=O)c(OC)c1. The van der Waals surface area contributed by atoms with Gasteiger partial charge in [0.05, 0.1) is 42.8 Å². The van der Waals surface area contributed by atoms with E-state index in [0.29, 0.717) is 11.8 Å². The molecule has 2 saturated heterocycles. The maximum absolute atomic E-state index is 13.2. The summed E-state index contributed by atoms with van der Waals surface area (Å²) < 4.78 is 76.6. The van der Waals surface area contributed by atoms with Crippen LogP contribution in [0.25, 0.3) is 0 Å². The maximum atomic E-state index is 13.2. The van der Waals surface area contributed by atoms with Gasteiger partial charge in [-0.3, -0.25) is 14.5 Å². The van der Waals surface area contributed by atoms with Crippen molar-refractivity contribution < 1.29 is 40.7 Å². The number of benzene rings is 2. The molecule has 2 aromatic carbocycles. The van der Waals surface area contributed by atoms with Gasteiger partial charge in [-0.15, -0.1) is 0 Å². The van der Waals surface area contributed by atoms with Gasteiger partial charge in [0.15, 0.2) is 0 Å². The summed E-state index contributed by atoms with van der Waals surface area (Å²) in [5, 5.41) is 0. The highest BCUT2D eigenvalue weighted by atomic mass is 32.2. The number of imide groups is 1. The van der Waals surface area contributed by atoms with Gasteiger partial charge in [-0.1, -0.05) is 6.07 Å². The lowest BCUT2D eigenvalue weighted by Gasteiger charge is -2.36. The predicted molar refractivity (Wildman–Crippen MR) is 122 cm³/mol. The number of alkyl halides is 3. The molecule has 2 aromatic rings. The van der Waals surface area contributed by atoms with Crippen LogP contribution in [0.3, 0.4) is 0 Å². The van der Waals surface area contributed by atoms with Gasteiger partial charge in [0.25, 0.3) is 5.91 Å². The molecule has 13 heteroatoms. The molecular formula is C23H24F3N3O6S. The number of halogens is 3. The number of piperazine rings is 1. The molecule has 0 saturated carbocycles. The first-order valence-corrected chi connectivity index (χ1v) is 12.4. The molecule has 2 amide bonds. The van der Waals surface area contributed by atoms with Gasteiger partial charge in [0.2, 0.25) is 15.9 Å². The Bertz CT molecular complexity index is 1280. The minimum absolute atomic E-state index is 0.0393. The van der Waals surface area contributed by atoms with Crippen molar-refractivity contribution in [1.29, 1.82) is 0 Å². The summed E-state index contributed by atoms with van der Waals surface area (Å²) in [6, 6.07) is 7.51. The van der Waals surface area contributed by atoms with Crippen LogP contribution in [0.1, 0.15) is 12.0 Å². The molecule has 2 heterocycles. The largest absolute Gasteiger partial charge is 0.497 e. The van der Waals surface area contributed by atoms with Crippen LogP contribution < -0.4 is 14.4 Å². The van der Waals surface area contributed by atoms with Crippen LogP contribution in [0.4, 0.5) is 18.9 Å². The lowest BCUT2D eigenvalue weighted by molar-refractivity contribution is -0.137. The second-order valence-corrected chi connectivity index (χ2v) is 10.2. The third kappa shape index (κ3) is 4.77. The average Bonchev–Trinajstić information content (AvgIpc) is 3.16. The van der Waals surface area contributed by atoms with Gasteiger partial charge < -0.3 is 9.47 Å². The number of methoxy groups -OCH3 is 2. The number of carbonyl (C=O) groups is 2. The quantitative estimate of drug-likeness (QED) is 0.532. The predicted octanol–water partition coefficient (Wildman–Crippen LogP) is 2.36. The third-order valence-electron chi connectivity index (χ3n) is 6.26. The molecule has 194 valence electrons. The number of carbonyl (C=O) groups excluding carboxylic acids is 2. The standard InChI is InChI=1S/C23H24F3N3O6S/c1-34-16-6-7-18(20(13-16)35-2)29-21(30)14-19(22(29)31)27-8-10-28(11-9-27)36(32,33)17-5-3-4-15(12-17)23(24,25)26/h3-7,12-13,19H,8-11,14H2,1-2H3. The summed E-state index contributed by atoms with van der Waals surface area (Å²) >= 11 is 0. The molecule has 2 aliphatic heterocycles. The monoisotopic (exact) mass is 527 g/mol. The van der Waals surface area contributed by atoms with Crippen LogP contribution in [0.5, 0.6) is 11.5 Å². The van der Waals surface area contributed by atoms with E-state index in [-0.39, 0.29) is 44.0 Å². The van der Waals surface area contributed by atoms with Crippen LogP contribution in [-0.4, -0.2) is 75.9 Å². The minimum atomic E-state index is -4.67.